The molecule has 1 nitrogen and oxygen atoms in total. The normalized spacial score (nSPS) is 15.8. The van der Waals surface area contributed by atoms with Gasteiger partial charge in [0.25, 0.3) is 0 Å². The largest absolute Gasteiger partial charge is 0.389 e. The SMILES string of the molecule is CC=CC(C)O. The Balaban J connectivity index is 3.03. The van der Waals surface area contributed by atoms with Gasteiger partial charge in [-0.15, -0.1) is 0 Å². The molecular formula is C5H10O. The maximum absolute atomic E-state index is 8.47. The lowest BCUT2D eigenvalue weighted by atomic mass is 10.4. The fourth-order valence-corrected chi connectivity index (χ4v) is 0.279. The summed E-state index contributed by atoms with van der Waals surface area (Å²) in [5.41, 5.74) is 0. The summed E-state index contributed by atoms with van der Waals surface area (Å²) in [5.74, 6) is 0. The molecule has 0 aliphatic carbocycles. The van der Waals surface area contributed by atoms with Crippen LogP contribution in [0.15, 0.2) is 12.2 Å². The molecule has 36 valence electrons. The molecule has 0 rings (SSSR count). The second-order valence-corrected chi connectivity index (χ2v) is 1.27. The van der Waals surface area contributed by atoms with E-state index < -0.39 is 0 Å². The van der Waals surface area contributed by atoms with Crippen LogP contribution in [0.3, 0.4) is 0 Å². The molecule has 1 unspecified atom stereocenters. The second-order valence-electron chi connectivity index (χ2n) is 1.27. The molecule has 0 aliphatic heterocycles. The molecule has 0 fully saturated rings. The van der Waals surface area contributed by atoms with Crippen LogP contribution in [0.25, 0.3) is 0 Å². The molecule has 1 N–H and O–H groups in total. The first-order chi connectivity index (χ1) is 2.77. The maximum atomic E-state index is 8.47. The molecule has 0 amide bonds. The quantitative estimate of drug-likeness (QED) is 0.471. The molecule has 0 aromatic carbocycles. The molecule has 0 aromatic heterocycles. The van der Waals surface area contributed by atoms with E-state index in [1.165, 1.54) is 0 Å². The van der Waals surface area contributed by atoms with Crippen molar-refractivity contribution < 1.29 is 5.11 Å². The summed E-state index contributed by atoms with van der Waals surface area (Å²) < 4.78 is 0. The fourth-order valence-electron chi connectivity index (χ4n) is 0.279. The van der Waals surface area contributed by atoms with E-state index in [9.17, 15) is 0 Å². The average Bonchev–Trinajstić information content (AvgIpc) is 1.35. The lowest BCUT2D eigenvalue weighted by Crippen LogP contribution is -1.89. The van der Waals surface area contributed by atoms with Crippen molar-refractivity contribution >= 4 is 0 Å². The average molecular weight is 86.1 g/mol. The molecule has 0 bridgehead atoms. The zero-order valence-electron chi connectivity index (χ0n) is 4.18. The van der Waals surface area contributed by atoms with Crippen molar-refractivity contribution in [2.45, 2.75) is 20.0 Å². The van der Waals surface area contributed by atoms with Crippen LogP contribution in [0.5, 0.6) is 0 Å². The van der Waals surface area contributed by atoms with Gasteiger partial charge in [0.15, 0.2) is 0 Å². The van der Waals surface area contributed by atoms with Gasteiger partial charge in [0.1, 0.15) is 0 Å². The summed E-state index contributed by atoms with van der Waals surface area (Å²) in [7, 11) is 0. The Hall–Kier alpha value is -0.300. The third kappa shape index (κ3) is 3.70. The van der Waals surface area contributed by atoms with Gasteiger partial charge >= 0.3 is 0 Å². The van der Waals surface area contributed by atoms with E-state index in [-0.39, 0.29) is 6.10 Å². The van der Waals surface area contributed by atoms with Gasteiger partial charge in [0, 0.05) is 0 Å². The molecule has 0 radical (unpaired) electrons. The third-order valence-corrected chi connectivity index (χ3v) is 0.471. The number of aliphatic hydroxyl groups excluding tert-OH is 1. The van der Waals surface area contributed by atoms with Crippen molar-refractivity contribution in [3.63, 3.8) is 0 Å². The summed E-state index contributed by atoms with van der Waals surface area (Å²) >= 11 is 0. The third-order valence-electron chi connectivity index (χ3n) is 0.471. The van der Waals surface area contributed by atoms with Crippen LogP contribution in [0.4, 0.5) is 0 Å². The monoisotopic (exact) mass is 86.1 g/mol. The first-order valence-corrected chi connectivity index (χ1v) is 2.08. The standard InChI is InChI=1S/C5H10O/c1-3-4-5(2)6/h3-6H,1-2H3. The van der Waals surface area contributed by atoms with E-state index in [0.29, 0.717) is 0 Å². The van der Waals surface area contributed by atoms with E-state index in [2.05, 4.69) is 0 Å². The molecule has 0 aromatic rings. The maximum Gasteiger partial charge on any atom is 0.0692 e. The highest BCUT2D eigenvalue weighted by atomic mass is 16.3. The first-order valence-electron chi connectivity index (χ1n) is 2.08. The summed E-state index contributed by atoms with van der Waals surface area (Å²) in [6.07, 6.45) is 3.26. The van der Waals surface area contributed by atoms with Crippen LogP contribution >= 0.6 is 0 Å². The van der Waals surface area contributed by atoms with Crippen molar-refractivity contribution in [1.82, 2.24) is 0 Å². The molecule has 0 saturated heterocycles. The molecule has 0 saturated carbocycles. The smallest absolute Gasteiger partial charge is 0.0692 e. The van der Waals surface area contributed by atoms with Gasteiger partial charge in [-0.1, -0.05) is 12.2 Å². The van der Waals surface area contributed by atoms with Crippen LogP contribution < -0.4 is 0 Å². The van der Waals surface area contributed by atoms with E-state index >= 15 is 0 Å². The number of allylic oxidation sites excluding steroid dienone is 1. The minimum Gasteiger partial charge on any atom is -0.389 e. The highest BCUT2D eigenvalue weighted by molar-refractivity contribution is 4.81. The van der Waals surface area contributed by atoms with Crippen LogP contribution in [0.2, 0.25) is 0 Å². The Morgan fingerprint density at radius 3 is 2.17 bits per heavy atom. The van der Waals surface area contributed by atoms with Crippen LogP contribution in [0, 0.1) is 0 Å². The van der Waals surface area contributed by atoms with E-state index in [1.807, 2.05) is 13.0 Å². The van der Waals surface area contributed by atoms with Gasteiger partial charge in [0.2, 0.25) is 0 Å². The predicted octanol–water partition coefficient (Wildman–Crippen LogP) is 0.943. The van der Waals surface area contributed by atoms with Gasteiger partial charge in [-0.25, -0.2) is 0 Å². The topological polar surface area (TPSA) is 20.2 Å². The fraction of sp³-hybridized carbons (Fsp3) is 0.600. The lowest BCUT2D eigenvalue weighted by Gasteiger charge is -1.87. The summed E-state index contributed by atoms with van der Waals surface area (Å²) in [5, 5.41) is 8.47. The van der Waals surface area contributed by atoms with Gasteiger partial charge in [0.05, 0.1) is 6.10 Å². The number of hydrogen-bond acceptors (Lipinski definition) is 1. The van der Waals surface area contributed by atoms with Crippen LogP contribution in [0.1, 0.15) is 13.8 Å². The second kappa shape index (κ2) is 2.91. The minimum atomic E-state index is -0.282. The van der Waals surface area contributed by atoms with Crippen LogP contribution in [-0.2, 0) is 0 Å². The van der Waals surface area contributed by atoms with E-state index in [4.69, 9.17) is 5.11 Å². The molecule has 6 heavy (non-hydrogen) atoms. The van der Waals surface area contributed by atoms with Gasteiger partial charge in [-0.2, -0.15) is 0 Å². The van der Waals surface area contributed by atoms with Gasteiger partial charge in [-0.3, -0.25) is 0 Å². The zero-order valence-corrected chi connectivity index (χ0v) is 4.18. The molecule has 0 spiro atoms. The van der Waals surface area contributed by atoms with Crippen molar-refractivity contribution in [1.29, 1.82) is 0 Å². The first kappa shape index (κ1) is 5.70. The molecule has 1 heteroatoms. The highest BCUT2D eigenvalue weighted by Gasteiger charge is 1.78. The molecule has 0 heterocycles. The Labute approximate surface area is 38.3 Å². The van der Waals surface area contributed by atoms with Crippen molar-refractivity contribution in [3.8, 4) is 0 Å². The molecular weight excluding hydrogens is 76.1 g/mol. The van der Waals surface area contributed by atoms with Gasteiger partial charge in [-0.05, 0) is 13.8 Å². The van der Waals surface area contributed by atoms with E-state index in [1.54, 1.807) is 13.0 Å². The zero-order chi connectivity index (χ0) is 4.99. The lowest BCUT2D eigenvalue weighted by molar-refractivity contribution is 0.244. The number of rotatable bonds is 1. The number of hydrogen-bond donors (Lipinski definition) is 1. The van der Waals surface area contributed by atoms with E-state index in [0.717, 1.165) is 0 Å². The van der Waals surface area contributed by atoms with Crippen LogP contribution in [-0.4, -0.2) is 11.2 Å². The van der Waals surface area contributed by atoms with Crippen molar-refractivity contribution in [2.75, 3.05) is 0 Å². The predicted molar refractivity (Wildman–Crippen MR) is 26.5 cm³/mol. The Kier molecular flexibility index (Phi) is 2.77. The Morgan fingerprint density at radius 2 is 2.17 bits per heavy atom. The molecule has 1 atom stereocenters. The number of aliphatic hydroxyl groups is 1. The Bertz CT molecular complexity index is 45.9. The molecule has 0 aliphatic rings. The summed E-state index contributed by atoms with van der Waals surface area (Å²) in [6, 6.07) is 0. The van der Waals surface area contributed by atoms with Crippen molar-refractivity contribution in [2.24, 2.45) is 0 Å². The Morgan fingerprint density at radius 1 is 1.67 bits per heavy atom. The van der Waals surface area contributed by atoms with Gasteiger partial charge < -0.3 is 5.11 Å². The minimum absolute atomic E-state index is 0.282. The summed E-state index contributed by atoms with van der Waals surface area (Å²) in [4.78, 5) is 0. The van der Waals surface area contributed by atoms with Crippen molar-refractivity contribution in [3.05, 3.63) is 12.2 Å². The highest BCUT2D eigenvalue weighted by Crippen LogP contribution is 1.78. The summed E-state index contributed by atoms with van der Waals surface area (Å²) in [6.45, 7) is 3.60.